The van der Waals surface area contributed by atoms with Gasteiger partial charge in [-0.3, -0.25) is 0 Å². The molecular formula is C22H34O2. The second-order valence-corrected chi connectivity index (χ2v) is 9.83. The maximum absolute atomic E-state index is 9.98. The van der Waals surface area contributed by atoms with Crippen molar-refractivity contribution in [1.29, 1.82) is 0 Å². The predicted molar refractivity (Wildman–Crippen MR) is 95.3 cm³/mol. The molecular weight excluding hydrogens is 296 g/mol. The minimum absolute atomic E-state index is 0.0209. The van der Waals surface area contributed by atoms with E-state index < -0.39 is 0 Å². The van der Waals surface area contributed by atoms with Gasteiger partial charge in [-0.15, -0.1) is 0 Å². The van der Waals surface area contributed by atoms with Gasteiger partial charge in [0.25, 0.3) is 0 Å². The van der Waals surface area contributed by atoms with Gasteiger partial charge in [-0.2, -0.15) is 0 Å². The molecule has 1 N–H and O–H groups in total. The lowest BCUT2D eigenvalue weighted by Crippen LogP contribution is -2.42. The molecule has 6 saturated carbocycles. The molecule has 4 bridgehead atoms. The van der Waals surface area contributed by atoms with E-state index in [4.69, 9.17) is 4.74 Å². The summed E-state index contributed by atoms with van der Waals surface area (Å²) >= 11 is 0. The van der Waals surface area contributed by atoms with Gasteiger partial charge in [0.05, 0.1) is 19.0 Å². The van der Waals surface area contributed by atoms with Gasteiger partial charge in [-0.05, 0) is 112 Å². The van der Waals surface area contributed by atoms with Crippen LogP contribution in [0.4, 0.5) is 0 Å². The van der Waals surface area contributed by atoms with Crippen LogP contribution >= 0.6 is 0 Å². The van der Waals surface area contributed by atoms with Gasteiger partial charge in [0.2, 0.25) is 0 Å². The number of aliphatic hydroxyl groups excluding tert-OH is 1. The van der Waals surface area contributed by atoms with Gasteiger partial charge in [0.1, 0.15) is 0 Å². The molecule has 0 aliphatic heterocycles. The maximum Gasteiger partial charge on any atom is 0.0983 e. The maximum atomic E-state index is 9.98. The van der Waals surface area contributed by atoms with Crippen molar-refractivity contribution in [2.24, 2.45) is 41.4 Å². The van der Waals surface area contributed by atoms with E-state index in [-0.39, 0.29) is 6.10 Å². The molecule has 0 saturated heterocycles. The van der Waals surface area contributed by atoms with E-state index in [1.807, 2.05) is 7.11 Å². The summed E-state index contributed by atoms with van der Waals surface area (Å²) in [6.07, 6.45) is 14.6. The first-order valence-electron chi connectivity index (χ1n) is 10.7. The number of aliphatic hydroxyl groups is 1. The van der Waals surface area contributed by atoms with E-state index in [0.29, 0.717) is 5.92 Å². The Bertz CT molecular complexity index is 492. The van der Waals surface area contributed by atoms with Gasteiger partial charge in [0.15, 0.2) is 0 Å². The lowest BCUT2D eigenvalue weighted by Gasteiger charge is -2.52. The first kappa shape index (κ1) is 15.7. The molecule has 2 heteroatoms. The molecule has 0 aromatic rings. The van der Waals surface area contributed by atoms with Crippen LogP contribution < -0.4 is 0 Å². The second kappa shape index (κ2) is 6.04. The molecule has 0 aromatic carbocycles. The molecule has 0 spiro atoms. The summed E-state index contributed by atoms with van der Waals surface area (Å²) in [5.74, 6) is 7.53. The third-order valence-corrected chi connectivity index (χ3v) is 8.48. The minimum atomic E-state index is -0.0209. The summed E-state index contributed by atoms with van der Waals surface area (Å²) in [6.45, 7) is 0. The first-order chi connectivity index (χ1) is 11.7. The Kier molecular flexibility index (Phi) is 3.96. The van der Waals surface area contributed by atoms with E-state index in [9.17, 15) is 5.11 Å². The number of hydrogen-bond donors (Lipinski definition) is 1. The van der Waals surface area contributed by atoms with Crippen molar-refractivity contribution >= 4 is 0 Å². The van der Waals surface area contributed by atoms with Crippen LogP contribution in [0.25, 0.3) is 0 Å². The van der Waals surface area contributed by atoms with Crippen molar-refractivity contribution in [1.82, 2.24) is 0 Å². The molecule has 24 heavy (non-hydrogen) atoms. The molecule has 134 valence electrons. The van der Waals surface area contributed by atoms with Crippen molar-refractivity contribution in [2.45, 2.75) is 76.7 Å². The quantitative estimate of drug-likeness (QED) is 0.728. The minimum Gasteiger partial charge on any atom is -0.501 e. The number of allylic oxidation sites excluding steroid dienone is 2. The highest BCUT2D eigenvalue weighted by Gasteiger charge is 2.48. The lowest BCUT2D eigenvalue weighted by molar-refractivity contribution is 0.0262. The standard InChI is InChI=1S/C22H34O2/c1-24-22(17-3-2-16-12-20(23)5-4-15(16)11-17)21-18-7-13-6-14(9-18)10-19(21)8-13/h13-20,23H,2-12H2,1H3. The molecule has 2 nitrogen and oxygen atoms in total. The topological polar surface area (TPSA) is 29.5 Å². The van der Waals surface area contributed by atoms with Gasteiger partial charge in [-0.25, -0.2) is 0 Å². The summed E-state index contributed by atoms with van der Waals surface area (Å²) in [7, 11) is 1.95. The Balaban J connectivity index is 1.38. The van der Waals surface area contributed by atoms with Crippen LogP contribution in [0.1, 0.15) is 70.6 Å². The van der Waals surface area contributed by atoms with E-state index in [0.717, 1.165) is 48.3 Å². The average molecular weight is 331 g/mol. The number of hydrogen-bond acceptors (Lipinski definition) is 2. The fourth-order valence-electron chi connectivity index (χ4n) is 7.72. The van der Waals surface area contributed by atoms with E-state index in [2.05, 4.69) is 0 Å². The zero-order valence-corrected chi connectivity index (χ0v) is 15.3. The Morgan fingerprint density at radius 1 is 0.792 bits per heavy atom. The number of fused-ring (bicyclic) bond motifs is 1. The molecule has 0 amide bonds. The van der Waals surface area contributed by atoms with E-state index in [1.165, 1.54) is 63.5 Å². The summed E-state index contributed by atoms with van der Waals surface area (Å²) in [6, 6.07) is 0. The number of rotatable bonds is 2. The number of ether oxygens (including phenoxy) is 1. The molecule has 6 rings (SSSR count). The van der Waals surface area contributed by atoms with Crippen LogP contribution in [0.2, 0.25) is 0 Å². The SMILES string of the molecule is COC(=C1C2CC3CC(C2)CC1C3)C1CCC2CC(O)CCC2C1. The molecule has 0 radical (unpaired) electrons. The summed E-state index contributed by atoms with van der Waals surface area (Å²) in [4.78, 5) is 0. The summed E-state index contributed by atoms with van der Waals surface area (Å²) in [5, 5.41) is 9.98. The van der Waals surface area contributed by atoms with Crippen LogP contribution in [0.15, 0.2) is 11.3 Å². The smallest absolute Gasteiger partial charge is 0.0983 e. The highest BCUT2D eigenvalue weighted by atomic mass is 16.5. The molecule has 4 atom stereocenters. The predicted octanol–water partition coefficient (Wildman–Crippen LogP) is 4.92. The molecule has 6 aliphatic carbocycles. The van der Waals surface area contributed by atoms with Crippen molar-refractivity contribution in [3.8, 4) is 0 Å². The van der Waals surface area contributed by atoms with Gasteiger partial charge < -0.3 is 9.84 Å². The normalized spacial score (nSPS) is 49.8. The van der Waals surface area contributed by atoms with E-state index >= 15 is 0 Å². The summed E-state index contributed by atoms with van der Waals surface area (Å²) in [5.41, 5.74) is 1.78. The molecule has 4 unspecified atom stereocenters. The van der Waals surface area contributed by atoms with Gasteiger partial charge in [-0.1, -0.05) is 0 Å². The monoisotopic (exact) mass is 330 g/mol. The third kappa shape index (κ3) is 2.55. The Labute approximate surface area is 147 Å². The molecule has 0 heterocycles. The first-order valence-corrected chi connectivity index (χ1v) is 10.7. The van der Waals surface area contributed by atoms with Crippen LogP contribution in [0.3, 0.4) is 0 Å². The van der Waals surface area contributed by atoms with Crippen molar-refractivity contribution in [3.05, 3.63) is 11.3 Å². The molecule has 6 fully saturated rings. The molecule has 0 aromatic heterocycles. The lowest BCUT2D eigenvalue weighted by atomic mass is 9.53. The van der Waals surface area contributed by atoms with E-state index in [1.54, 1.807) is 5.57 Å². The summed E-state index contributed by atoms with van der Waals surface area (Å²) < 4.78 is 6.15. The fourth-order valence-corrected chi connectivity index (χ4v) is 7.72. The fraction of sp³-hybridized carbons (Fsp3) is 0.909. The largest absolute Gasteiger partial charge is 0.501 e. The van der Waals surface area contributed by atoms with Crippen molar-refractivity contribution < 1.29 is 9.84 Å². The second-order valence-electron chi connectivity index (χ2n) is 9.83. The van der Waals surface area contributed by atoms with Crippen LogP contribution in [0.5, 0.6) is 0 Å². The number of methoxy groups -OCH3 is 1. The van der Waals surface area contributed by atoms with Crippen LogP contribution in [-0.4, -0.2) is 18.3 Å². The molecule has 6 aliphatic rings. The highest BCUT2D eigenvalue weighted by molar-refractivity contribution is 5.25. The zero-order valence-electron chi connectivity index (χ0n) is 15.3. The Morgan fingerprint density at radius 2 is 1.42 bits per heavy atom. The van der Waals surface area contributed by atoms with Crippen molar-refractivity contribution in [3.63, 3.8) is 0 Å². The highest BCUT2D eigenvalue weighted by Crippen LogP contribution is 2.58. The van der Waals surface area contributed by atoms with Gasteiger partial charge in [0, 0.05) is 5.92 Å². The third-order valence-electron chi connectivity index (χ3n) is 8.48. The van der Waals surface area contributed by atoms with Crippen molar-refractivity contribution in [2.75, 3.05) is 7.11 Å². The average Bonchev–Trinajstić information content (AvgIpc) is 2.57. The Hall–Kier alpha value is -0.500. The van der Waals surface area contributed by atoms with Crippen LogP contribution in [-0.2, 0) is 4.74 Å². The zero-order chi connectivity index (χ0) is 16.3. The van der Waals surface area contributed by atoms with Gasteiger partial charge >= 0.3 is 0 Å². The Morgan fingerprint density at radius 3 is 2.08 bits per heavy atom. The van der Waals surface area contributed by atoms with Crippen LogP contribution in [0, 0.1) is 41.4 Å².